The summed E-state index contributed by atoms with van der Waals surface area (Å²) in [5.41, 5.74) is 1.00. The average Bonchev–Trinajstić information content (AvgIpc) is 2.48. The van der Waals surface area contributed by atoms with Gasteiger partial charge in [0, 0.05) is 10.7 Å². The molecule has 5 nitrogen and oxygen atoms in total. The van der Waals surface area contributed by atoms with Crippen LogP contribution >= 0.6 is 11.6 Å². The van der Waals surface area contributed by atoms with Crippen LogP contribution in [0.3, 0.4) is 0 Å². The number of anilines is 1. The number of hydrogen-bond donors (Lipinski definition) is 2. The number of rotatable bonds is 4. The van der Waals surface area contributed by atoms with E-state index < -0.39 is 11.9 Å². The van der Waals surface area contributed by atoms with Gasteiger partial charge in [0.25, 0.3) is 5.91 Å². The van der Waals surface area contributed by atoms with Crippen molar-refractivity contribution in [2.45, 2.75) is 6.92 Å². The van der Waals surface area contributed by atoms with E-state index in [1.807, 2.05) is 0 Å². The molecule has 2 aromatic carbocycles. The zero-order valence-corrected chi connectivity index (χ0v) is 12.6. The fraction of sp³-hybridized carbons (Fsp3) is 0.125. The third-order valence-electron chi connectivity index (χ3n) is 2.86. The summed E-state index contributed by atoms with van der Waals surface area (Å²) in [6.07, 6.45) is 0. The Bertz CT molecular complexity index is 698. The molecule has 0 aromatic heterocycles. The van der Waals surface area contributed by atoms with Crippen LogP contribution in [0.2, 0.25) is 5.02 Å². The lowest BCUT2D eigenvalue weighted by Gasteiger charge is -2.08. The van der Waals surface area contributed by atoms with E-state index in [0.29, 0.717) is 22.9 Å². The maximum absolute atomic E-state index is 12.1. The molecule has 0 aliphatic heterocycles. The number of carbonyl (C=O) groups is 2. The summed E-state index contributed by atoms with van der Waals surface area (Å²) < 4.78 is 4.87. The molecule has 114 valence electrons. The van der Waals surface area contributed by atoms with Crippen molar-refractivity contribution >= 4 is 29.2 Å². The predicted octanol–water partition coefficient (Wildman–Crippen LogP) is 3.47. The number of ether oxygens (including phenoxy) is 1. The van der Waals surface area contributed by atoms with E-state index >= 15 is 0 Å². The summed E-state index contributed by atoms with van der Waals surface area (Å²) in [6, 6.07) is 10.5. The van der Waals surface area contributed by atoms with Crippen molar-refractivity contribution in [3.8, 4) is 5.75 Å². The number of nitrogens with one attached hydrogen (secondary N) is 1. The third kappa shape index (κ3) is 3.77. The molecule has 0 atom stereocenters. The highest BCUT2D eigenvalue weighted by atomic mass is 35.5. The van der Waals surface area contributed by atoms with Crippen LogP contribution in [0.1, 0.15) is 27.6 Å². The second kappa shape index (κ2) is 6.95. The molecule has 0 radical (unpaired) electrons. The van der Waals surface area contributed by atoms with Gasteiger partial charge in [0.2, 0.25) is 0 Å². The molecule has 0 bridgehead atoms. The Labute approximate surface area is 132 Å². The SMILES string of the molecule is CCOC(=O)c1ccc(NC(=O)c2ccc(Cl)cc2O)cc1. The molecule has 1 amide bonds. The number of amides is 1. The first-order valence-electron chi connectivity index (χ1n) is 6.58. The Morgan fingerprint density at radius 2 is 1.86 bits per heavy atom. The molecule has 0 aliphatic rings. The van der Waals surface area contributed by atoms with Gasteiger partial charge in [-0.15, -0.1) is 0 Å². The molecule has 0 saturated carbocycles. The minimum absolute atomic E-state index is 0.110. The number of hydrogen-bond acceptors (Lipinski definition) is 4. The van der Waals surface area contributed by atoms with Gasteiger partial charge in [0.15, 0.2) is 0 Å². The van der Waals surface area contributed by atoms with Crippen LogP contribution in [0, 0.1) is 0 Å². The van der Waals surface area contributed by atoms with Crippen LogP contribution in [-0.2, 0) is 4.74 Å². The molecule has 6 heteroatoms. The van der Waals surface area contributed by atoms with Crippen molar-refractivity contribution in [3.05, 3.63) is 58.6 Å². The van der Waals surface area contributed by atoms with Gasteiger partial charge in [-0.1, -0.05) is 11.6 Å². The summed E-state index contributed by atoms with van der Waals surface area (Å²) in [4.78, 5) is 23.6. The van der Waals surface area contributed by atoms with Gasteiger partial charge in [-0.05, 0) is 49.4 Å². The third-order valence-corrected chi connectivity index (χ3v) is 3.09. The number of carbonyl (C=O) groups excluding carboxylic acids is 2. The summed E-state index contributed by atoms with van der Waals surface area (Å²) in [7, 11) is 0. The smallest absolute Gasteiger partial charge is 0.338 e. The van der Waals surface area contributed by atoms with Crippen LogP contribution in [0.15, 0.2) is 42.5 Å². The molecule has 2 rings (SSSR count). The van der Waals surface area contributed by atoms with Crippen LogP contribution < -0.4 is 5.32 Å². The fourth-order valence-electron chi connectivity index (χ4n) is 1.80. The van der Waals surface area contributed by atoms with E-state index in [4.69, 9.17) is 16.3 Å². The summed E-state index contributed by atoms with van der Waals surface area (Å²) >= 11 is 5.72. The van der Waals surface area contributed by atoms with Crippen molar-refractivity contribution < 1.29 is 19.4 Å². The largest absolute Gasteiger partial charge is 0.507 e. The first-order chi connectivity index (χ1) is 10.5. The maximum Gasteiger partial charge on any atom is 0.338 e. The molecule has 0 saturated heterocycles. The summed E-state index contributed by atoms with van der Waals surface area (Å²) in [6.45, 7) is 2.03. The maximum atomic E-state index is 12.1. The summed E-state index contributed by atoms with van der Waals surface area (Å²) in [5, 5.41) is 12.7. The first kappa shape index (κ1) is 15.9. The quantitative estimate of drug-likeness (QED) is 0.846. The topological polar surface area (TPSA) is 75.6 Å². The lowest BCUT2D eigenvalue weighted by molar-refractivity contribution is 0.0526. The minimum atomic E-state index is -0.474. The zero-order valence-electron chi connectivity index (χ0n) is 11.8. The van der Waals surface area contributed by atoms with Gasteiger partial charge in [-0.3, -0.25) is 4.79 Å². The van der Waals surface area contributed by atoms with Crippen molar-refractivity contribution in [2.75, 3.05) is 11.9 Å². The van der Waals surface area contributed by atoms with Gasteiger partial charge < -0.3 is 15.2 Å². The molecule has 0 fully saturated rings. The van der Waals surface area contributed by atoms with Crippen LogP contribution in [0.5, 0.6) is 5.75 Å². The van der Waals surface area contributed by atoms with E-state index in [-0.39, 0.29) is 11.3 Å². The van der Waals surface area contributed by atoms with Crippen molar-refractivity contribution in [1.82, 2.24) is 0 Å². The molecule has 2 aromatic rings. The lowest BCUT2D eigenvalue weighted by atomic mass is 10.1. The zero-order chi connectivity index (χ0) is 16.1. The Hall–Kier alpha value is -2.53. The molecule has 22 heavy (non-hydrogen) atoms. The highest BCUT2D eigenvalue weighted by Crippen LogP contribution is 2.23. The van der Waals surface area contributed by atoms with Gasteiger partial charge in [-0.2, -0.15) is 0 Å². The lowest BCUT2D eigenvalue weighted by Crippen LogP contribution is -2.12. The predicted molar refractivity (Wildman–Crippen MR) is 83.5 cm³/mol. The van der Waals surface area contributed by atoms with E-state index in [1.54, 1.807) is 31.2 Å². The number of halogens is 1. The van der Waals surface area contributed by atoms with Gasteiger partial charge in [-0.25, -0.2) is 4.79 Å². The minimum Gasteiger partial charge on any atom is -0.507 e. The van der Waals surface area contributed by atoms with Crippen molar-refractivity contribution in [3.63, 3.8) is 0 Å². The Kier molecular flexibility index (Phi) is 5.01. The Balaban J connectivity index is 2.10. The monoisotopic (exact) mass is 319 g/mol. The number of benzene rings is 2. The van der Waals surface area contributed by atoms with Gasteiger partial charge >= 0.3 is 5.97 Å². The van der Waals surface area contributed by atoms with Crippen LogP contribution in [-0.4, -0.2) is 23.6 Å². The van der Waals surface area contributed by atoms with Crippen LogP contribution in [0.4, 0.5) is 5.69 Å². The van der Waals surface area contributed by atoms with E-state index in [1.165, 1.54) is 18.2 Å². The molecule has 0 spiro atoms. The van der Waals surface area contributed by atoms with E-state index in [0.717, 1.165) is 0 Å². The Morgan fingerprint density at radius 1 is 1.18 bits per heavy atom. The van der Waals surface area contributed by atoms with Crippen molar-refractivity contribution in [1.29, 1.82) is 0 Å². The molecule has 0 aliphatic carbocycles. The number of phenols is 1. The second-order valence-corrected chi connectivity index (χ2v) is 4.85. The van der Waals surface area contributed by atoms with E-state index in [9.17, 15) is 14.7 Å². The van der Waals surface area contributed by atoms with Crippen LogP contribution in [0.25, 0.3) is 0 Å². The van der Waals surface area contributed by atoms with E-state index in [2.05, 4.69) is 5.32 Å². The number of phenolic OH excluding ortho intramolecular Hbond substituents is 1. The standard InChI is InChI=1S/C16H14ClNO4/c1-2-22-16(21)10-3-6-12(7-4-10)18-15(20)13-8-5-11(17)9-14(13)19/h3-9,19H,2H2,1H3,(H,18,20). The second-order valence-electron chi connectivity index (χ2n) is 4.41. The molecule has 2 N–H and O–H groups in total. The molecular formula is C16H14ClNO4. The summed E-state index contributed by atoms with van der Waals surface area (Å²) in [5.74, 6) is -1.10. The first-order valence-corrected chi connectivity index (χ1v) is 6.96. The van der Waals surface area contributed by atoms with Crippen molar-refractivity contribution in [2.24, 2.45) is 0 Å². The average molecular weight is 320 g/mol. The Morgan fingerprint density at radius 3 is 2.45 bits per heavy atom. The highest BCUT2D eigenvalue weighted by Gasteiger charge is 2.12. The number of aromatic hydroxyl groups is 1. The fourth-order valence-corrected chi connectivity index (χ4v) is 1.97. The molecule has 0 heterocycles. The molecule has 0 unspecified atom stereocenters. The molecular weight excluding hydrogens is 306 g/mol. The number of esters is 1. The highest BCUT2D eigenvalue weighted by molar-refractivity contribution is 6.31. The van der Waals surface area contributed by atoms with Gasteiger partial charge in [0.05, 0.1) is 17.7 Å². The van der Waals surface area contributed by atoms with Gasteiger partial charge in [0.1, 0.15) is 5.75 Å². The normalized spacial score (nSPS) is 10.1.